The van der Waals surface area contributed by atoms with Crippen LogP contribution >= 0.6 is 15.9 Å². The van der Waals surface area contributed by atoms with Crippen LogP contribution in [0.2, 0.25) is 0 Å². The molecule has 2 atom stereocenters. The molecule has 0 heterocycles. The fourth-order valence-corrected chi connectivity index (χ4v) is 6.87. The molecule has 0 bridgehead atoms. The molecule has 8 nitrogen and oxygen atoms in total. The number of halogens is 1. The van der Waals surface area contributed by atoms with Crippen LogP contribution in [0.1, 0.15) is 103 Å². The first kappa shape index (κ1) is 46.6. The van der Waals surface area contributed by atoms with Gasteiger partial charge >= 0.3 is 19.1 Å². The summed E-state index contributed by atoms with van der Waals surface area (Å²) < 4.78 is 23.4. The second kappa shape index (κ2) is 24.1. The fraction of sp³-hybridized carbons (Fsp3) is 0.458. The summed E-state index contributed by atoms with van der Waals surface area (Å²) in [6.07, 6.45) is 6.63. The molecule has 2 fully saturated rings. The van der Waals surface area contributed by atoms with Crippen molar-refractivity contribution in [1.29, 1.82) is 0 Å². The maximum absolute atomic E-state index is 12.6. The van der Waals surface area contributed by atoms with E-state index in [0.717, 1.165) is 70.2 Å². The third-order valence-electron chi connectivity index (χ3n) is 9.85. The average molecular weight is 858 g/mol. The van der Waals surface area contributed by atoms with Gasteiger partial charge in [-0.1, -0.05) is 100 Å². The van der Waals surface area contributed by atoms with E-state index in [1.165, 1.54) is 25.7 Å². The number of ether oxygens (including phenoxy) is 4. The Bertz CT molecular complexity index is 1830. The van der Waals surface area contributed by atoms with E-state index >= 15 is 0 Å². The topological polar surface area (TPSA) is 112 Å². The largest absolute Gasteiger partial charge is 0.493 e. The van der Waals surface area contributed by atoms with Crippen molar-refractivity contribution in [3.05, 3.63) is 113 Å². The fourth-order valence-electron chi connectivity index (χ4n) is 6.36. The van der Waals surface area contributed by atoms with Crippen LogP contribution in [0.25, 0.3) is 11.1 Å². The van der Waals surface area contributed by atoms with Crippen molar-refractivity contribution in [2.24, 2.45) is 23.7 Å². The molecule has 312 valence electrons. The third-order valence-corrected chi connectivity index (χ3v) is 10.5. The molecule has 0 aromatic heterocycles. The van der Waals surface area contributed by atoms with Crippen molar-refractivity contribution in [3.63, 3.8) is 0 Å². The molecule has 0 aliphatic heterocycles. The first-order chi connectivity index (χ1) is 27.9. The summed E-state index contributed by atoms with van der Waals surface area (Å²) >= 11 is 3.56. The van der Waals surface area contributed by atoms with E-state index in [0.29, 0.717) is 36.4 Å². The maximum atomic E-state index is 12.6. The zero-order valence-corrected chi connectivity index (χ0v) is 36.7. The first-order valence-electron chi connectivity index (χ1n) is 20.9. The Balaban J connectivity index is 0.000000214. The molecule has 0 spiro atoms. The van der Waals surface area contributed by atoms with Gasteiger partial charge in [0.1, 0.15) is 11.5 Å². The number of rotatable bonds is 18. The maximum Gasteiger partial charge on any atom is 0.488 e. The van der Waals surface area contributed by atoms with E-state index in [1.807, 2.05) is 68.4 Å². The minimum absolute atomic E-state index is 0.142. The Morgan fingerprint density at radius 3 is 1.52 bits per heavy atom. The van der Waals surface area contributed by atoms with Crippen molar-refractivity contribution in [1.82, 2.24) is 0 Å². The van der Waals surface area contributed by atoms with Crippen LogP contribution < -0.4 is 14.9 Å². The van der Waals surface area contributed by atoms with Crippen molar-refractivity contribution in [3.8, 4) is 22.6 Å². The number of carbonyl (C=O) groups excluding carboxylic acids is 2. The lowest BCUT2D eigenvalue weighted by molar-refractivity contribution is -0.146. The highest BCUT2D eigenvalue weighted by Crippen LogP contribution is 2.38. The second-order valence-electron chi connectivity index (χ2n) is 16.0. The normalized spacial score (nSPS) is 14.3. The minimum Gasteiger partial charge on any atom is -0.493 e. The van der Waals surface area contributed by atoms with Gasteiger partial charge in [0, 0.05) is 5.56 Å². The van der Waals surface area contributed by atoms with Gasteiger partial charge in [0.25, 0.3) is 0 Å². The van der Waals surface area contributed by atoms with Crippen LogP contribution in [0, 0.1) is 23.7 Å². The van der Waals surface area contributed by atoms with Crippen LogP contribution in [-0.4, -0.2) is 55.5 Å². The molecule has 58 heavy (non-hydrogen) atoms. The van der Waals surface area contributed by atoms with Gasteiger partial charge in [-0.05, 0) is 138 Å². The lowest BCUT2D eigenvalue weighted by Gasteiger charge is -2.20. The number of esters is 2. The van der Waals surface area contributed by atoms with Crippen molar-refractivity contribution in [2.75, 3.05) is 26.4 Å². The predicted molar refractivity (Wildman–Crippen MR) is 236 cm³/mol. The van der Waals surface area contributed by atoms with Crippen LogP contribution in [0.15, 0.2) is 102 Å². The highest BCUT2D eigenvalue weighted by molar-refractivity contribution is 9.10. The molecule has 2 aliphatic carbocycles. The molecule has 0 radical (unpaired) electrons. The number of carbonyl (C=O) groups is 2. The molecule has 2 aliphatic rings. The summed E-state index contributed by atoms with van der Waals surface area (Å²) in [5.74, 6) is 3.25. The molecule has 2 unspecified atom stereocenters. The Hall–Kier alpha value is -4.12. The molecule has 0 amide bonds. The number of hydrogen-bond acceptors (Lipinski definition) is 8. The highest BCUT2D eigenvalue weighted by atomic mass is 79.9. The Morgan fingerprint density at radius 2 is 1.10 bits per heavy atom. The Labute approximate surface area is 354 Å². The number of benzene rings is 4. The van der Waals surface area contributed by atoms with E-state index in [-0.39, 0.29) is 23.8 Å². The summed E-state index contributed by atoms with van der Waals surface area (Å²) in [5.41, 5.74) is 4.67. The Kier molecular flexibility index (Phi) is 19.3. The van der Waals surface area contributed by atoms with Gasteiger partial charge in [0.2, 0.25) is 0 Å². The standard InChI is InChI=1S/C24H30O3.C18H25BrO3.C6H7BO2/c1-4-26-24(25)22(14-17(2)3)20-12-13-23(27-16-18-10-11-18)21(15-20)19-8-6-5-7-9-19;1-4-21-18(20)15(9-12(2)3)14-7-8-17(16(19)10-14)22-11-13-5-6-13;8-7(9)6-4-2-1-3-5-6/h5-9,12-13,15,17-18,22H,4,10-11,14,16H2,1-3H3;7-8,10,12-13,15H,4-6,9,11H2,1-3H3;1-5,8-9H. The molecule has 2 saturated carbocycles. The van der Waals surface area contributed by atoms with Crippen LogP contribution in [-0.2, 0) is 19.1 Å². The van der Waals surface area contributed by atoms with Crippen LogP contribution in [0.3, 0.4) is 0 Å². The van der Waals surface area contributed by atoms with E-state index in [1.54, 1.807) is 24.3 Å². The van der Waals surface area contributed by atoms with Crippen molar-refractivity contribution < 1.29 is 38.6 Å². The molecule has 0 saturated heterocycles. The minimum atomic E-state index is -1.34. The van der Waals surface area contributed by atoms with Crippen LogP contribution in [0.5, 0.6) is 11.5 Å². The number of hydrogen-bond donors (Lipinski definition) is 2. The summed E-state index contributed by atoms with van der Waals surface area (Å²) in [5, 5.41) is 17.2. The molecule has 4 aromatic rings. The quantitative estimate of drug-likeness (QED) is 0.0752. The molecule has 2 N–H and O–H groups in total. The highest BCUT2D eigenvalue weighted by Gasteiger charge is 2.27. The summed E-state index contributed by atoms with van der Waals surface area (Å²) in [4.78, 5) is 24.8. The van der Waals surface area contributed by atoms with Crippen molar-refractivity contribution in [2.45, 2.75) is 91.9 Å². The van der Waals surface area contributed by atoms with E-state index in [2.05, 4.69) is 61.8 Å². The second-order valence-corrected chi connectivity index (χ2v) is 16.8. The zero-order valence-electron chi connectivity index (χ0n) is 35.1. The molecule has 10 heteroatoms. The third kappa shape index (κ3) is 15.9. The molecule has 4 aromatic carbocycles. The molecular weight excluding hydrogens is 795 g/mol. The van der Waals surface area contributed by atoms with Gasteiger partial charge in [-0.3, -0.25) is 9.59 Å². The smallest absolute Gasteiger partial charge is 0.488 e. The van der Waals surface area contributed by atoms with Crippen molar-refractivity contribution >= 4 is 40.4 Å². The SMILES string of the molecule is CCOC(=O)C(CC(C)C)c1ccc(OCC2CC2)c(-c2ccccc2)c1.CCOC(=O)C(CC(C)C)c1ccc(OCC2CC2)c(Br)c1.OB(O)c1ccccc1. The molecular formula is C48H62BBrO8. The van der Waals surface area contributed by atoms with Crippen LogP contribution in [0.4, 0.5) is 0 Å². The summed E-state index contributed by atoms with van der Waals surface area (Å²) in [6, 6.07) is 31.0. The average Bonchev–Trinajstić information content (AvgIpc) is 4.16. The van der Waals surface area contributed by atoms with E-state index < -0.39 is 7.12 Å². The molecule has 6 rings (SSSR count). The van der Waals surface area contributed by atoms with Gasteiger partial charge in [-0.15, -0.1) is 0 Å². The first-order valence-corrected chi connectivity index (χ1v) is 21.7. The van der Waals surface area contributed by atoms with Gasteiger partial charge < -0.3 is 29.0 Å². The van der Waals surface area contributed by atoms with Gasteiger partial charge in [-0.2, -0.15) is 0 Å². The van der Waals surface area contributed by atoms with E-state index in [9.17, 15) is 9.59 Å². The predicted octanol–water partition coefficient (Wildman–Crippen LogP) is 10.1. The van der Waals surface area contributed by atoms with Gasteiger partial charge in [0.05, 0.1) is 42.7 Å². The summed E-state index contributed by atoms with van der Waals surface area (Å²) in [7, 11) is -1.34. The monoisotopic (exact) mass is 856 g/mol. The van der Waals surface area contributed by atoms with Gasteiger partial charge in [-0.25, -0.2) is 0 Å². The lowest BCUT2D eigenvalue weighted by atomic mass is 9.81. The van der Waals surface area contributed by atoms with E-state index in [4.69, 9.17) is 29.0 Å². The zero-order chi connectivity index (χ0) is 42.0. The lowest BCUT2D eigenvalue weighted by Crippen LogP contribution is -2.29. The van der Waals surface area contributed by atoms with Gasteiger partial charge in [0.15, 0.2) is 0 Å². The Morgan fingerprint density at radius 1 is 0.655 bits per heavy atom. The summed E-state index contributed by atoms with van der Waals surface area (Å²) in [6.45, 7) is 14.6.